The summed E-state index contributed by atoms with van der Waals surface area (Å²) >= 11 is 7.36. The highest BCUT2D eigenvalue weighted by molar-refractivity contribution is 7.22. The van der Waals surface area contributed by atoms with Gasteiger partial charge in [0.15, 0.2) is 5.13 Å². The summed E-state index contributed by atoms with van der Waals surface area (Å²) in [7, 11) is 0. The lowest BCUT2D eigenvalue weighted by Crippen LogP contribution is -2.11. The first-order chi connectivity index (χ1) is 14.6. The van der Waals surface area contributed by atoms with Crippen LogP contribution in [-0.2, 0) is 0 Å². The van der Waals surface area contributed by atoms with E-state index in [0.717, 1.165) is 15.6 Å². The molecule has 0 aliphatic carbocycles. The van der Waals surface area contributed by atoms with Gasteiger partial charge < -0.3 is 4.42 Å². The molecule has 146 valence electrons. The maximum atomic E-state index is 12.6. The number of anilines is 1. The van der Waals surface area contributed by atoms with Gasteiger partial charge in [0.05, 0.1) is 15.8 Å². The van der Waals surface area contributed by atoms with Crippen LogP contribution in [0.3, 0.4) is 0 Å². The van der Waals surface area contributed by atoms with Gasteiger partial charge in [0.1, 0.15) is 5.58 Å². The highest BCUT2D eigenvalue weighted by Crippen LogP contribution is 2.29. The largest absolute Gasteiger partial charge is 0.422 e. The van der Waals surface area contributed by atoms with Crippen LogP contribution in [0.25, 0.3) is 32.3 Å². The van der Waals surface area contributed by atoms with Gasteiger partial charge in [0.25, 0.3) is 5.91 Å². The monoisotopic (exact) mass is 432 g/mol. The maximum absolute atomic E-state index is 12.6. The molecule has 0 atom stereocenters. The average Bonchev–Trinajstić information content (AvgIpc) is 3.14. The van der Waals surface area contributed by atoms with Crippen molar-refractivity contribution in [3.8, 4) is 11.1 Å². The molecular weight excluding hydrogens is 420 g/mol. The number of aromatic nitrogens is 1. The van der Waals surface area contributed by atoms with Gasteiger partial charge in [-0.2, -0.15) is 0 Å². The number of fused-ring (bicyclic) bond motifs is 2. The number of rotatable bonds is 3. The van der Waals surface area contributed by atoms with Crippen molar-refractivity contribution >= 4 is 55.2 Å². The number of nitrogens with one attached hydrogen (secondary N) is 1. The fourth-order valence-corrected chi connectivity index (χ4v) is 4.32. The number of nitrogens with zero attached hydrogens (tertiary/aromatic N) is 1. The zero-order valence-corrected chi connectivity index (χ0v) is 17.0. The first kappa shape index (κ1) is 18.5. The van der Waals surface area contributed by atoms with Crippen LogP contribution in [0.5, 0.6) is 0 Å². The summed E-state index contributed by atoms with van der Waals surface area (Å²) in [5, 5.41) is 4.76. The van der Waals surface area contributed by atoms with Crippen LogP contribution in [0.1, 0.15) is 10.4 Å². The van der Waals surface area contributed by atoms with Crippen LogP contribution in [0.15, 0.2) is 82.0 Å². The predicted octanol–water partition coefficient (Wildman–Crippen LogP) is 5.98. The summed E-state index contributed by atoms with van der Waals surface area (Å²) in [5.74, 6) is -0.280. The molecule has 1 N–H and O–H groups in total. The molecule has 7 heteroatoms. The Kier molecular flexibility index (Phi) is 4.58. The molecule has 2 heterocycles. The van der Waals surface area contributed by atoms with Gasteiger partial charge in [-0.25, -0.2) is 9.78 Å². The molecular formula is C23H13ClN2O3S. The number of carbonyl (C=O) groups excluding carboxylic acids is 1. The zero-order valence-electron chi connectivity index (χ0n) is 15.4. The summed E-state index contributed by atoms with van der Waals surface area (Å²) < 4.78 is 6.29. The molecule has 5 rings (SSSR count). The Morgan fingerprint density at radius 3 is 2.63 bits per heavy atom. The molecule has 5 aromatic rings. The number of thiazole rings is 1. The number of benzene rings is 3. The lowest BCUT2D eigenvalue weighted by Gasteiger charge is -2.05. The van der Waals surface area contributed by atoms with Crippen LogP contribution < -0.4 is 10.9 Å². The predicted molar refractivity (Wildman–Crippen MR) is 121 cm³/mol. The molecule has 30 heavy (non-hydrogen) atoms. The Hall–Kier alpha value is -3.48. The minimum Gasteiger partial charge on any atom is -0.422 e. The molecule has 0 fully saturated rings. The lowest BCUT2D eigenvalue weighted by atomic mass is 10.0. The second kappa shape index (κ2) is 7.40. The van der Waals surface area contributed by atoms with Gasteiger partial charge in [-0.1, -0.05) is 53.3 Å². The highest BCUT2D eigenvalue weighted by atomic mass is 35.5. The normalized spacial score (nSPS) is 11.1. The van der Waals surface area contributed by atoms with E-state index in [-0.39, 0.29) is 5.91 Å². The van der Waals surface area contributed by atoms with Crippen molar-refractivity contribution < 1.29 is 9.21 Å². The molecule has 0 bridgehead atoms. The SMILES string of the molecule is O=C(Nc1nc2ccc(Cl)cc2s1)c1ccc(-c2cc3ccccc3oc2=O)cc1. The summed E-state index contributed by atoms with van der Waals surface area (Å²) in [6.07, 6.45) is 0. The Morgan fingerprint density at radius 2 is 1.80 bits per heavy atom. The second-order valence-corrected chi connectivity index (χ2v) is 8.11. The number of hydrogen-bond acceptors (Lipinski definition) is 5. The maximum Gasteiger partial charge on any atom is 0.344 e. The molecule has 0 aliphatic heterocycles. The minimum absolute atomic E-state index is 0.280. The molecule has 0 saturated heterocycles. The number of halogens is 1. The Balaban J connectivity index is 1.41. The highest BCUT2D eigenvalue weighted by Gasteiger charge is 2.12. The quantitative estimate of drug-likeness (QED) is 0.356. The summed E-state index contributed by atoms with van der Waals surface area (Å²) in [6.45, 7) is 0. The van der Waals surface area contributed by atoms with Crippen LogP contribution in [0, 0.1) is 0 Å². The van der Waals surface area contributed by atoms with E-state index in [1.807, 2.05) is 30.3 Å². The van der Waals surface area contributed by atoms with Gasteiger partial charge in [0, 0.05) is 16.0 Å². The minimum atomic E-state index is -0.418. The van der Waals surface area contributed by atoms with Crippen molar-refractivity contribution in [3.05, 3.63) is 93.8 Å². The lowest BCUT2D eigenvalue weighted by molar-refractivity contribution is 0.102. The summed E-state index contributed by atoms with van der Waals surface area (Å²) in [4.78, 5) is 29.3. The molecule has 3 aromatic carbocycles. The van der Waals surface area contributed by atoms with Gasteiger partial charge in [-0.15, -0.1) is 0 Å². The first-order valence-electron chi connectivity index (χ1n) is 9.08. The summed E-state index contributed by atoms with van der Waals surface area (Å²) in [6, 6.07) is 21.3. The second-order valence-electron chi connectivity index (χ2n) is 6.65. The van der Waals surface area contributed by atoms with Gasteiger partial charge in [-0.05, 0) is 48.0 Å². The molecule has 2 aromatic heterocycles. The fraction of sp³-hybridized carbons (Fsp3) is 0. The van der Waals surface area contributed by atoms with Crippen LogP contribution >= 0.6 is 22.9 Å². The smallest absolute Gasteiger partial charge is 0.344 e. The number of amides is 1. The van der Waals surface area contributed by atoms with Crippen LogP contribution in [-0.4, -0.2) is 10.9 Å². The van der Waals surface area contributed by atoms with Crippen molar-refractivity contribution in [2.75, 3.05) is 5.32 Å². The van der Waals surface area contributed by atoms with Gasteiger partial charge >= 0.3 is 5.63 Å². The van der Waals surface area contributed by atoms with E-state index in [2.05, 4.69) is 10.3 Å². The third-order valence-electron chi connectivity index (χ3n) is 4.67. The van der Waals surface area contributed by atoms with E-state index in [0.29, 0.717) is 32.4 Å². The topological polar surface area (TPSA) is 72.2 Å². The van der Waals surface area contributed by atoms with Crippen molar-refractivity contribution in [1.29, 1.82) is 0 Å². The van der Waals surface area contributed by atoms with Gasteiger partial charge in [0.2, 0.25) is 0 Å². The van der Waals surface area contributed by atoms with Crippen LogP contribution in [0.2, 0.25) is 5.02 Å². The Morgan fingerprint density at radius 1 is 1.00 bits per heavy atom. The van der Waals surface area contributed by atoms with E-state index in [4.69, 9.17) is 16.0 Å². The molecule has 0 spiro atoms. The zero-order chi connectivity index (χ0) is 20.7. The Labute approximate surface area is 179 Å². The molecule has 0 radical (unpaired) electrons. The molecule has 5 nitrogen and oxygen atoms in total. The van der Waals surface area contributed by atoms with E-state index in [9.17, 15) is 9.59 Å². The molecule has 1 amide bonds. The van der Waals surface area contributed by atoms with Crippen LogP contribution in [0.4, 0.5) is 5.13 Å². The van der Waals surface area contributed by atoms with E-state index < -0.39 is 5.63 Å². The molecule has 0 saturated carbocycles. The standard InChI is InChI=1S/C23H13ClN2O3S/c24-16-9-10-18-20(12-16)30-23(25-18)26-21(27)14-7-5-13(6-8-14)17-11-15-3-1-2-4-19(15)29-22(17)28/h1-12H,(H,25,26,27). The Bertz CT molecular complexity index is 1470. The van der Waals surface area contributed by atoms with Gasteiger partial charge in [-0.3, -0.25) is 10.1 Å². The number of para-hydroxylation sites is 1. The first-order valence-corrected chi connectivity index (χ1v) is 10.3. The van der Waals surface area contributed by atoms with Crippen molar-refractivity contribution in [2.45, 2.75) is 0 Å². The number of carbonyl (C=O) groups is 1. The molecule has 0 unspecified atom stereocenters. The number of hydrogen-bond donors (Lipinski definition) is 1. The van der Waals surface area contributed by atoms with E-state index >= 15 is 0 Å². The third kappa shape index (κ3) is 3.47. The average molecular weight is 433 g/mol. The van der Waals surface area contributed by atoms with E-state index in [1.165, 1.54) is 11.3 Å². The third-order valence-corrected chi connectivity index (χ3v) is 5.84. The van der Waals surface area contributed by atoms with Crippen molar-refractivity contribution in [3.63, 3.8) is 0 Å². The van der Waals surface area contributed by atoms with Crippen molar-refractivity contribution in [2.24, 2.45) is 0 Å². The van der Waals surface area contributed by atoms with Crippen molar-refractivity contribution in [1.82, 2.24) is 4.98 Å². The summed E-state index contributed by atoms with van der Waals surface area (Å²) in [5.41, 5.74) is 2.49. The molecule has 0 aliphatic rings. The fourth-order valence-electron chi connectivity index (χ4n) is 3.19. The van der Waals surface area contributed by atoms with E-state index in [1.54, 1.807) is 42.5 Å².